The SMILES string of the molecule is CC(C)c1cccc(C(C)C)c1N(CC1(n2cc(-c3ccccc3)c3ccc(Cl)nc32)CCCC1)C(N)=O. The highest BCUT2D eigenvalue weighted by molar-refractivity contribution is 6.29. The Hall–Kier alpha value is -3.31. The van der Waals surface area contributed by atoms with Crippen LogP contribution >= 0.6 is 11.6 Å². The summed E-state index contributed by atoms with van der Waals surface area (Å²) < 4.78 is 2.30. The van der Waals surface area contributed by atoms with Crippen LogP contribution in [0.15, 0.2) is 66.9 Å². The summed E-state index contributed by atoms with van der Waals surface area (Å²) in [6.07, 6.45) is 6.24. The third kappa shape index (κ3) is 4.69. The second-order valence-corrected chi connectivity index (χ2v) is 11.6. The number of carbonyl (C=O) groups excluding carboxylic acids is 1. The third-order valence-electron chi connectivity index (χ3n) is 8.08. The molecule has 2 aromatic heterocycles. The molecule has 0 aliphatic heterocycles. The number of hydrogen-bond donors (Lipinski definition) is 1. The Labute approximate surface area is 230 Å². The second-order valence-electron chi connectivity index (χ2n) is 11.2. The molecule has 0 radical (unpaired) electrons. The van der Waals surface area contributed by atoms with E-state index < -0.39 is 6.03 Å². The summed E-state index contributed by atoms with van der Waals surface area (Å²) in [4.78, 5) is 19.9. The number of halogens is 1. The van der Waals surface area contributed by atoms with Crippen molar-refractivity contribution in [1.29, 1.82) is 0 Å². The van der Waals surface area contributed by atoms with Gasteiger partial charge in [-0.1, -0.05) is 101 Å². The smallest absolute Gasteiger partial charge is 0.319 e. The van der Waals surface area contributed by atoms with E-state index >= 15 is 0 Å². The van der Waals surface area contributed by atoms with Crippen LogP contribution in [0, 0.1) is 0 Å². The molecule has 4 aromatic rings. The van der Waals surface area contributed by atoms with Gasteiger partial charge in [-0.25, -0.2) is 9.78 Å². The Morgan fingerprint density at radius 1 is 0.974 bits per heavy atom. The lowest BCUT2D eigenvalue weighted by atomic mass is 9.90. The predicted octanol–water partition coefficient (Wildman–Crippen LogP) is 8.46. The lowest BCUT2D eigenvalue weighted by Crippen LogP contribution is -2.48. The number of benzene rings is 2. The number of primary amides is 1. The number of anilines is 1. The predicted molar refractivity (Wildman–Crippen MR) is 158 cm³/mol. The van der Waals surface area contributed by atoms with Gasteiger partial charge in [-0.15, -0.1) is 0 Å². The number of amides is 2. The van der Waals surface area contributed by atoms with E-state index in [0.717, 1.165) is 64.7 Å². The highest BCUT2D eigenvalue weighted by atomic mass is 35.5. The summed E-state index contributed by atoms with van der Waals surface area (Å²) in [6, 6.07) is 20.2. The third-order valence-corrected chi connectivity index (χ3v) is 8.29. The van der Waals surface area contributed by atoms with E-state index in [1.165, 1.54) is 0 Å². The van der Waals surface area contributed by atoms with Crippen LogP contribution in [-0.2, 0) is 5.54 Å². The molecule has 2 amide bonds. The van der Waals surface area contributed by atoms with Crippen molar-refractivity contribution in [3.05, 3.63) is 83.1 Å². The normalized spacial score (nSPS) is 15.0. The van der Waals surface area contributed by atoms with Crippen LogP contribution in [0.2, 0.25) is 5.15 Å². The minimum absolute atomic E-state index is 0.252. The fourth-order valence-electron chi connectivity index (χ4n) is 6.18. The van der Waals surface area contributed by atoms with Crippen molar-refractivity contribution in [2.45, 2.75) is 70.8 Å². The number of fused-ring (bicyclic) bond motifs is 1. The molecule has 0 atom stereocenters. The number of carbonyl (C=O) groups is 1. The van der Waals surface area contributed by atoms with Crippen molar-refractivity contribution in [2.24, 2.45) is 5.73 Å². The van der Waals surface area contributed by atoms with Crippen molar-refractivity contribution in [1.82, 2.24) is 9.55 Å². The summed E-state index contributed by atoms with van der Waals surface area (Å²) in [7, 11) is 0. The van der Waals surface area contributed by atoms with Crippen LogP contribution in [-0.4, -0.2) is 22.1 Å². The number of para-hydroxylation sites is 1. The first-order valence-electron chi connectivity index (χ1n) is 13.6. The maximum absolute atomic E-state index is 13.3. The molecule has 1 aliphatic rings. The van der Waals surface area contributed by atoms with Crippen molar-refractivity contribution < 1.29 is 4.79 Å². The Morgan fingerprint density at radius 3 is 2.18 bits per heavy atom. The van der Waals surface area contributed by atoms with Crippen molar-refractivity contribution in [3.8, 4) is 11.1 Å². The van der Waals surface area contributed by atoms with Gasteiger partial charge in [-0.05, 0) is 53.5 Å². The number of pyridine rings is 1. The first-order valence-corrected chi connectivity index (χ1v) is 14.0. The second kappa shape index (κ2) is 10.5. The lowest BCUT2D eigenvalue weighted by molar-refractivity contribution is 0.245. The van der Waals surface area contributed by atoms with Crippen LogP contribution in [0.25, 0.3) is 22.2 Å². The van der Waals surface area contributed by atoms with Gasteiger partial charge in [0.25, 0.3) is 0 Å². The number of hydrogen-bond acceptors (Lipinski definition) is 2. The molecule has 0 saturated heterocycles. The molecule has 6 heteroatoms. The van der Waals surface area contributed by atoms with Gasteiger partial charge in [0.15, 0.2) is 0 Å². The summed E-state index contributed by atoms with van der Waals surface area (Å²) >= 11 is 6.45. The van der Waals surface area contributed by atoms with Crippen LogP contribution < -0.4 is 10.6 Å². The molecule has 1 saturated carbocycles. The largest absolute Gasteiger partial charge is 0.351 e. The molecule has 2 N–H and O–H groups in total. The summed E-state index contributed by atoms with van der Waals surface area (Å²) in [6.45, 7) is 9.17. The molecule has 1 fully saturated rings. The maximum atomic E-state index is 13.3. The molecule has 0 unspecified atom stereocenters. The topological polar surface area (TPSA) is 64.2 Å². The van der Waals surface area contributed by atoms with E-state index in [1.807, 2.05) is 17.0 Å². The minimum atomic E-state index is -0.419. The average Bonchev–Trinajstić information content (AvgIpc) is 3.52. The van der Waals surface area contributed by atoms with E-state index in [-0.39, 0.29) is 17.4 Å². The monoisotopic (exact) mass is 528 g/mol. The van der Waals surface area contributed by atoms with E-state index in [9.17, 15) is 4.79 Å². The van der Waals surface area contributed by atoms with Crippen LogP contribution in [0.5, 0.6) is 0 Å². The van der Waals surface area contributed by atoms with Gasteiger partial charge in [-0.2, -0.15) is 0 Å². The zero-order valence-electron chi connectivity index (χ0n) is 22.7. The number of rotatable bonds is 7. The van der Waals surface area contributed by atoms with Gasteiger partial charge in [0.2, 0.25) is 0 Å². The Balaban J connectivity index is 1.71. The quantitative estimate of drug-likeness (QED) is 0.244. The highest BCUT2D eigenvalue weighted by Gasteiger charge is 2.41. The molecule has 2 aromatic carbocycles. The van der Waals surface area contributed by atoms with Gasteiger partial charge >= 0.3 is 6.03 Å². The van der Waals surface area contributed by atoms with Gasteiger partial charge in [0.05, 0.1) is 17.8 Å². The van der Waals surface area contributed by atoms with Gasteiger partial charge in [0.1, 0.15) is 10.8 Å². The molecule has 5 rings (SSSR count). The molecule has 198 valence electrons. The van der Waals surface area contributed by atoms with Gasteiger partial charge in [-0.3, -0.25) is 4.90 Å². The van der Waals surface area contributed by atoms with Crippen LogP contribution in [0.4, 0.5) is 10.5 Å². The molecule has 38 heavy (non-hydrogen) atoms. The minimum Gasteiger partial charge on any atom is -0.351 e. The number of aromatic nitrogens is 2. The number of nitrogens with zero attached hydrogens (tertiary/aromatic N) is 3. The molecule has 0 spiro atoms. The molecular formula is C32H37ClN4O. The van der Waals surface area contributed by atoms with Crippen LogP contribution in [0.3, 0.4) is 0 Å². The van der Waals surface area contributed by atoms with Gasteiger partial charge < -0.3 is 10.3 Å². The van der Waals surface area contributed by atoms with Crippen molar-refractivity contribution in [3.63, 3.8) is 0 Å². The fraction of sp³-hybridized carbons (Fsp3) is 0.375. The van der Waals surface area contributed by atoms with Crippen LogP contribution in [0.1, 0.15) is 76.3 Å². The zero-order valence-corrected chi connectivity index (χ0v) is 23.5. The van der Waals surface area contributed by atoms with Crippen molar-refractivity contribution in [2.75, 3.05) is 11.4 Å². The van der Waals surface area contributed by atoms with E-state index in [4.69, 9.17) is 22.3 Å². The molecular weight excluding hydrogens is 492 g/mol. The van der Waals surface area contributed by atoms with E-state index in [2.05, 4.69) is 87.0 Å². The standard InChI is InChI=1S/C32H37ClN4O/c1-21(2)24-13-10-14-25(22(3)4)29(24)36(31(34)38)20-32(17-8-9-18-32)37-19-27(23-11-6-5-7-12-23)26-15-16-28(33)35-30(26)37/h5-7,10-16,19,21-22H,8-9,17-18,20H2,1-4H3,(H2,34,38). The maximum Gasteiger partial charge on any atom is 0.319 e. The first kappa shape index (κ1) is 26.3. The first-order chi connectivity index (χ1) is 18.2. The fourth-order valence-corrected chi connectivity index (χ4v) is 6.32. The van der Waals surface area contributed by atoms with Gasteiger partial charge in [0, 0.05) is 17.1 Å². The van der Waals surface area contributed by atoms with E-state index in [0.29, 0.717) is 11.7 Å². The molecule has 2 heterocycles. The summed E-state index contributed by atoms with van der Waals surface area (Å²) in [5, 5.41) is 1.52. The number of urea groups is 1. The van der Waals surface area contributed by atoms with Crippen molar-refractivity contribution >= 4 is 34.4 Å². The highest BCUT2D eigenvalue weighted by Crippen LogP contribution is 2.45. The summed E-state index contributed by atoms with van der Waals surface area (Å²) in [5.41, 5.74) is 12.2. The van der Waals surface area contributed by atoms with E-state index in [1.54, 1.807) is 0 Å². The average molecular weight is 529 g/mol. The molecule has 1 aliphatic carbocycles. The molecule has 0 bridgehead atoms. The Bertz CT molecular complexity index is 1430. The Morgan fingerprint density at radius 2 is 1.61 bits per heavy atom. The Kier molecular flexibility index (Phi) is 7.23. The zero-order chi connectivity index (χ0) is 27.0. The lowest BCUT2D eigenvalue weighted by Gasteiger charge is -2.38. The number of nitrogens with two attached hydrogens (primary N) is 1. The molecule has 5 nitrogen and oxygen atoms in total. The summed E-state index contributed by atoms with van der Waals surface area (Å²) in [5.74, 6) is 0.505.